The minimum absolute atomic E-state index is 0.222. The van der Waals surface area contributed by atoms with Crippen molar-refractivity contribution in [3.63, 3.8) is 0 Å². The Morgan fingerprint density at radius 2 is 1.90 bits per heavy atom. The molecule has 0 bridgehead atoms. The summed E-state index contributed by atoms with van der Waals surface area (Å²) >= 11 is 6.48. The third-order valence-electron chi connectivity index (χ3n) is 4.91. The van der Waals surface area contributed by atoms with Crippen LogP contribution in [0.4, 0.5) is 0 Å². The highest BCUT2D eigenvalue weighted by atomic mass is 35.5. The molecule has 1 aliphatic rings. The number of rotatable bonds is 6. The maximum atomic E-state index is 12.3. The lowest BCUT2D eigenvalue weighted by Crippen LogP contribution is -2.45. The lowest BCUT2D eigenvalue weighted by Gasteiger charge is -2.28. The molecule has 160 valence electrons. The standard InChI is InChI=1S/C22H26ClN3O4/c1-15-4-6-18(7-5-15)14-26-21(23)19(16(2)24-26)8-9-20(27)30-17(3)22(28)25-10-12-29-13-11-25/h4-9,17H,10-14H2,1-3H3/b9-8+. The monoisotopic (exact) mass is 431 g/mol. The van der Waals surface area contributed by atoms with Crippen LogP contribution >= 0.6 is 11.6 Å². The van der Waals surface area contributed by atoms with Gasteiger partial charge >= 0.3 is 5.97 Å². The largest absolute Gasteiger partial charge is 0.449 e. The molecule has 0 aliphatic carbocycles. The van der Waals surface area contributed by atoms with Crippen LogP contribution in [0.1, 0.15) is 29.3 Å². The van der Waals surface area contributed by atoms with Gasteiger partial charge in [-0.3, -0.25) is 4.79 Å². The van der Waals surface area contributed by atoms with Crippen molar-refractivity contribution in [3.05, 3.63) is 57.9 Å². The van der Waals surface area contributed by atoms with Gasteiger partial charge in [-0.15, -0.1) is 0 Å². The number of carbonyl (C=O) groups excluding carboxylic acids is 2. The van der Waals surface area contributed by atoms with E-state index < -0.39 is 12.1 Å². The Kier molecular flexibility index (Phi) is 7.29. The van der Waals surface area contributed by atoms with Gasteiger partial charge in [0.25, 0.3) is 5.91 Å². The molecule has 1 atom stereocenters. The summed E-state index contributed by atoms with van der Waals surface area (Å²) in [7, 11) is 0. The van der Waals surface area contributed by atoms with E-state index in [1.807, 2.05) is 38.1 Å². The number of aryl methyl sites for hydroxylation is 2. The maximum Gasteiger partial charge on any atom is 0.331 e. The van der Waals surface area contributed by atoms with E-state index in [4.69, 9.17) is 21.1 Å². The molecule has 1 aliphatic heterocycles. The van der Waals surface area contributed by atoms with Crippen molar-refractivity contribution >= 4 is 29.6 Å². The van der Waals surface area contributed by atoms with Crippen LogP contribution in [-0.2, 0) is 25.6 Å². The minimum atomic E-state index is -0.860. The second kappa shape index (κ2) is 9.91. The number of nitrogens with zero attached hydrogens (tertiary/aromatic N) is 3. The number of ether oxygens (including phenoxy) is 2. The molecule has 2 heterocycles. The Morgan fingerprint density at radius 1 is 1.23 bits per heavy atom. The number of amides is 1. The summed E-state index contributed by atoms with van der Waals surface area (Å²) in [5.74, 6) is -0.828. The fourth-order valence-electron chi connectivity index (χ4n) is 3.18. The summed E-state index contributed by atoms with van der Waals surface area (Å²) in [5.41, 5.74) is 3.61. The van der Waals surface area contributed by atoms with Crippen LogP contribution in [0.25, 0.3) is 6.08 Å². The topological polar surface area (TPSA) is 73.7 Å². The number of halogens is 1. The SMILES string of the molecule is Cc1ccc(Cn2nc(C)c(/C=C/C(=O)OC(C)C(=O)N3CCOCC3)c2Cl)cc1. The van der Waals surface area contributed by atoms with E-state index in [2.05, 4.69) is 5.10 Å². The number of aromatic nitrogens is 2. The number of benzene rings is 1. The Bertz CT molecular complexity index is 931. The second-order valence-electron chi connectivity index (χ2n) is 7.28. The average Bonchev–Trinajstić information content (AvgIpc) is 3.00. The zero-order valence-corrected chi connectivity index (χ0v) is 18.2. The average molecular weight is 432 g/mol. The van der Waals surface area contributed by atoms with Crippen molar-refractivity contribution < 1.29 is 19.1 Å². The molecule has 1 unspecified atom stereocenters. The highest BCUT2D eigenvalue weighted by Gasteiger charge is 2.24. The fourth-order valence-corrected chi connectivity index (χ4v) is 3.48. The van der Waals surface area contributed by atoms with E-state index in [9.17, 15) is 9.59 Å². The highest BCUT2D eigenvalue weighted by Crippen LogP contribution is 2.22. The molecule has 0 N–H and O–H groups in total. The zero-order chi connectivity index (χ0) is 21.7. The van der Waals surface area contributed by atoms with E-state index in [1.54, 1.807) is 22.6 Å². The van der Waals surface area contributed by atoms with Gasteiger partial charge in [0.2, 0.25) is 0 Å². The van der Waals surface area contributed by atoms with Crippen molar-refractivity contribution in [2.75, 3.05) is 26.3 Å². The van der Waals surface area contributed by atoms with Crippen molar-refractivity contribution in [1.29, 1.82) is 0 Å². The van der Waals surface area contributed by atoms with Gasteiger partial charge in [-0.05, 0) is 32.4 Å². The third-order valence-corrected chi connectivity index (χ3v) is 5.31. The van der Waals surface area contributed by atoms with Gasteiger partial charge in [0, 0.05) is 24.7 Å². The number of hydrogen-bond donors (Lipinski definition) is 0. The van der Waals surface area contributed by atoms with Gasteiger partial charge in [-0.1, -0.05) is 41.4 Å². The first-order chi connectivity index (χ1) is 14.3. The molecule has 0 spiro atoms. The Labute approximate surface area is 181 Å². The van der Waals surface area contributed by atoms with Crippen LogP contribution in [0, 0.1) is 13.8 Å². The van der Waals surface area contributed by atoms with E-state index >= 15 is 0 Å². The summed E-state index contributed by atoms with van der Waals surface area (Å²) in [5, 5.41) is 4.90. The second-order valence-corrected chi connectivity index (χ2v) is 7.64. The summed E-state index contributed by atoms with van der Waals surface area (Å²) in [6.07, 6.45) is 1.99. The number of carbonyl (C=O) groups is 2. The molecule has 8 heteroatoms. The predicted molar refractivity (Wildman–Crippen MR) is 114 cm³/mol. The van der Waals surface area contributed by atoms with Crippen LogP contribution in [0.15, 0.2) is 30.3 Å². The number of hydrogen-bond acceptors (Lipinski definition) is 5. The number of morpholine rings is 1. The molecule has 1 saturated heterocycles. The summed E-state index contributed by atoms with van der Waals surface area (Å²) in [4.78, 5) is 26.2. The lowest BCUT2D eigenvalue weighted by molar-refractivity contribution is -0.157. The third kappa shape index (κ3) is 5.49. The predicted octanol–water partition coefficient (Wildman–Crippen LogP) is 3.01. The molecule has 0 saturated carbocycles. The van der Waals surface area contributed by atoms with E-state index in [0.717, 1.165) is 5.56 Å². The van der Waals surface area contributed by atoms with Gasteiger partial charge in [-0.2, -0.15) is 5.10 Å². The van der Waals surface area contributed by atoms with Crippen LogP contribution < -0.4 is 0 Å². The Balaban J connectivity index is 1.62. The van der Waals surface area contributed by atoms with Gasteiger partial charge in [-0.25, -0.2) is 9.48 Å². The maximum absolute atomic E-state index is 12.3. The van der Waals surface area contributed by atoms with Crippen molar-refractivity contribution in [2.24, 2.45) is 0 Å². The van der Waals surface area contributed by atoms with Gasteiger partial charge < -0.3 is 14.4 Å². The molecule has 2 aromatic rings. The molecule has 7 nitrogen and oxygen atoms in total. The first kappa shape index (κ1) is 22.1. The van der Waals surface area contributed by atoms with Crippen LogP contribution in [0.3, 0.4) is 0 Å². The van der Waals surface area contributed by atoms with Crippen LogP contribution in [0.5, 0.6) is 0 Å². The van der Waals surface area contributed by atoms with Crippen molar-refractivity contribution in [3.8, 4) is 0 Å². The van der Waals surface area contributed by atoms with E-state index in [-0.39, 0.29) is 5.91 Å². The van der Waals surface area contributed by atoms with Gasteiger partial charge in [0.15, 0.2) is 6.10 Å². The van der Waals surface area contributed by atoms with E-state index in [0.29, 0.717) is 49.3 Å². The fraction of sp³-hybridized carbons (Fsp3) is 0.409. The number of esters is 1. The molecule has 1 amide bonds. The van der Waals surface area contributed by atoms with E-state index in [1.165, 1.54) is 11.6 Å². The smallest absolute Gasteiger partial charge is 0.331 e. The van der Waals surface area contributed by atoms with Gasteiger partial charge in [0.1, 0.15) is 5.15 Å². The quantitative estimate of drug-likeness (QED) is 0.519. The first-order valence-electron chi connectivity index (χ1n) is 9.89. The summed E-state index contributed by atoms with van der Waals surface area (Å²) in [6, 6.07) is 8.14. The van der Waals surface area contributed by atoms with Crippen LogP contribution in [0.2, 0.25) is 5.15 Å². The normalized spacial score (nSPS) is 15.4. The lowest BCUT2D eigenvalue weighted by atomic mass is 10.1. The highest BCUT2D eigenvalue weighted by molar-refractivity contribution is 6.31. The Morgan fingerprint density at radius 3 is 2.57 bits per heavy atom. The summed E-state index contributed by atoms with van der Waals surface area (Å²) < 4.78 is 12.2. The molecule has 1 aromatic heterocycles. The van der Waals surface area contributed by atoms with Crippen molar-refractivity contribution in [2.45, 2.75) is 33.4 Å². The first-order valence-corrected chi connectivity index (χ1v) is 10.3. The molecule has 30 heavy (non-hydrogen) atoms. The summed E-state index contributed by atoms with van der Waals surface area (Å²) in [6.45, 7) is 7.97. The molecular formula is C22H26ClN3O4. The molecule has 0 radical (unpaired) electrons. The van der Waals surface area contributed by atoms with Crippen LogP contribution in [-0.4, -0.2) is 59.0 Å². The zero-order valence-electron chi connectivity index (χ0n) is 17.4. The molecule has 3 rings (SSSR count). The van der Waals surface area contributed by atoms with Crippen molar-refractivity contribution in [1.82, 2.24) is 14.7 Å². The molecule has 1 fully saturated rings. The Hall–Kier alpha value is -2.64. The minimum Gasteiger partial charge on any atom is -0.449 e. The molecular weight excluding hydrogens is 406 g/mol. The van der Waals surface area contributed by atoms with Gasteiger partial charge in [0.05, 0.1) is 25.5 Å². The molecule has 1 aromatic carbocycles.